The highest BCUT2D eigenvalue weighted by atomic mass is 16.8. The van der Waals surface area contributed by atoms with Gasteiger partial charge in [0.2, 0.25) is 12.4 Å². The van der Waals surface area contributed by atoms with Crippen molar-refractivity contribution in [1.82, 2.24) is 0 Å². The molecule has 0 amide bonds. The molecule has 12 nitrogen and oxygen atoms in total. The number of ether oxygens (including phenoxy) is 6. The molecule has 1 aliphatic rings. The molecule has 1 aliphatic heterocycles. The molecule has 0 radical (unpaired) electrons. The predicted molar refractivity (Wildman–Crippen MR) is 83.9 cm³/mol. The summed E-state index contributed by atoms with van der Waals surface area (Å²) in [6, 6.07) is 0. The Morgan fingerprint density at radius 3 is 1.43 bits per heavy atom. The van der Waals surface area contributed by atoms with Crippen molar-refractivity contribution in [3.63, 3.8) is 0 Å². The fourth-order valence-corrected chi connectivity index (χ4v) is 2.42. The lowest BCUT2D eigenvalue weighted by atomic mass is 9.97. The van der Waals surface area contributed by atoms with Gasteiger partial charge in [-0.2, -0.15) is 0 Å². The second-order valence-corrected chi connectivity index (χ2v) is 5.67. The fraction of sp³-hybridized carbons (Fsp3) is 0.625. The molecular weight excluding hydrogens is 384 g/mol. The average molecular weight is 404 g/mol. The summed E-state index contributed by atoms with van der Waals surface area (Å²) in [5.41, 5.74) is 0. The summed E-state index contributed by atoms with van der Waals surface area (Å²) >= 11 is 0. The highest BCUT2D eigenvalue weighted by molar-refractivity contribution is 5.87. The summed E-state index contributed by atoms with van der Waals surface area (Å²) in [4.78, 5) is 69.2. The monoisotopic (exact) mass is 404 g/mol. The number of carbonyl (C=O) groups is 6. The smallest absolute Gasteiger partial charge is 0.347 e. The summed E-state index contributed by atoms with van der Waals surface area (Å²) in [5, 5.41) is 0. The van der Waals surface area contributed by atoms with E-state index in [-0.39, 0.29) is 0 Å². The molecule has 0 bridgehead atoms. The van der Waals surface area contributed by atoms with Gasteiger partial charge in [0.25, 0.3) is 0 Å². The SMILES string of the molecule is CC(=O)OC(=O)C1O[C@@H](OC(C)=O)[C@H](OC(C)=O)[C@@H](OC(C)=O)[C@@H]1OC(C)=O. The van der Waals surface area contributed by atoms with E-state index in [1.54, 1.807) is 0 Å². The topological polar surface area (TPSA) is 158 Å². The highest BCUT2D eigenvalue weighted by Crippen LogP contribution is 2.30. The normalized spacial score (nSPS) is 26.4. The second kappa shape index (κ2) is 9.78. The summed E-state index contributed by atoms with van der Waals surface area (Å²) in [7, 11) is 0. The molecule has 0 spiro atoms. The van der Waals surface area contributed by atoms with Gasteiger partial charge >= 0.3 is 35.8 Å². The van der Waals surface area contributed by atoms with Gasteiger partial charge in [-0.05, 0) is 0 Å². The lowest BCUT2D eigenvalue weighted by Crippen LogP contribution is -2.64. The van der Waals surface area contributed by atoms with Crippen LogP contribution in [0.1, 0.15) is 34.6 Å². The van der Waals surface area contributed by atoms with Gasteiger partial charge in [-0.25, -0.2) is 4.79 Å². The standard InChI is InChI=1S/C16H20O12/c1-6(17)23-11-12(24-7(2)18)14(25-8(3)19)16(27-10(5)21)28-13(11)15(22)26-9(4)20/h11-14,16H,1-5H3/t11-,12-,13?,14+,16+/m0/s1. The molecule has 12 heteroatoms. The highest BCUT2D eigenvalue weighted by Gasteiger charge is 2.56. The van der Waals surface area contributed by atoms with Crippen LogP contribution in [-0.2, 0) is 57.2 Å². The Kier molecular flexibility index (Phi) is 8.04. The quantitative estimate of drug-likeness (QED) is 0.318. The minimum absolute atomic E-state index is 0.866. The lowest BCUT2D eigenvalue weighted by Gasteiger charge is -2.42. The van der Waals surface area contributed by atoms with Crippen molar-refractivity contribution in [2.75, 3.05) is 0 Å². The molecule has 1 saturated heterocycles. The largest absolute Gasteiger partial charge is 0.455 e. The van der Waals surface area contributed by atoms with Crippen molar-refractivity contribution in [2.24, 2.45) is 0 Å². The Bertz CT molecular complexity index is 669. The number of esters is 6. The maximum Gasteiger partial charge on any atom is 0.347 e. The van der Waals surface area contributed by atoms with Gasteiger partial charge in [-0.3, -0.25) is 24.0 Å². The zero-order chi connectivity index (χ0) is 21.6. The minimum Gasteiger partial charge on any atom is -0.455 e. The van der Waals surface area contributed by atoms with E-state index in [2.05, 4.69) is 4.74 Å². The maximum atomic E-state index is 12.2. The van der Waals surface area contributed by atoms with Gasteiger partial charge in [0.15, 0.2) is 18.3 Å². The molecule has 1 unspecified atom stereocenters. The van der Waals surface area contributed by atoms with E-state index in [1.165, 1.54) is 0 Å². The van der Waals surface area contributed by atoms with Gasteiger partial charge in [0.05, 0.1) is 0 Å². The van der Waals surface area contributed by atoms with Crippen LogP contribution in [0.2, 0.25) is 0 Å². The first-order valence-corrected chi connectivity index (χ1v) is 7.99. The zero-order valence-electron chi connectivity index (χ0n) is 15.8. The zero-order valence-corrected chi connectivity index (χ0v) is 15.8. The summed E-state index contributed by atoms with van der Waals surface area (Å²) in [6.07, 6.45) is -8.39. The van der Waals surface area contributed by atoms with E-state index in [9.17, 15) is 28.8 Å². The van der Waals surface area contributed by atoms with Crippen LogP contribution in [0.15, 0.2) is 0 Å². The van der Waals surface area contributed by atoms with Crippen LogP contribution < -0.4 is 0 Å². The van der Waals surface area contributed by atoms with Crippen molar-refractivity contribution in [3.8, 4) is 0 Å². The van der Waals surface area contributed by atoms with Crippen molar-refractivity contribution in [2.45, 2.75) is 65.3 Å². The third-order valence-corrected chi connectivity index (χ3v) is 3.16. The molecule has 5 atom stereocenters. The lowest BCUT2D eigenvalue weighted by molar-refractivity contribution is -0.293. The Labute approximate surface area is 159 Å². The van der Waals surface area contributed by atoms with Gasteiger partial charge in [0.1, 0.15) is 0 Å². The molecule has 1 heterocycles. The van der Waals surface area contributed by atoms with Crippen LogP contribution in [0.4, 0.5) is 0 Å². The number of rotatable bonds is 5. The van der Waals surface area contributed by atoms with E-state index in [1.807, 2.05) is 0 Å². The first-order valence-electron chi connectivity index (χ1n) is 7.99. The molecule has 28 heavy (non-hydrogen) atoms. The maximum absolute atomic E-state index is 12.2. The van der Waals surface area contributed by atoms with Crippen molar-refractivity contribution >= 4 is 35.8 Å². The van der Waals surface area contributed by atoms with E-state index in [0.29, 0.717) is 0 Å². The number of carbonyl (C=O) groups excluding carboxylic acids is 6. The molecule has 0 aromatic heterocycles. The van der Waals surface area contributed by atoms with Crippen LogP contribution in [0.25, 0.3) is 0 Å². The average Bonchev–Trinajstić information content (AvgIpc) is 2.50. The molecule has 156 valence electrons. The van der Waals surface area contributed by atoms with Crippen molar-refractivity contribution < 1.29 is 57.2 Å². The molecule has 0 N–H and O–H groups in total. The van der Waals surface area contributed by atoms with Crippen LogP contribution >= 0.6 is 0 Å². The fourth-order valence-electron chi connectivity index (χ4n) is 2.42. The van der Waals surface area contributed by atoms with Crippen LogP contribution in [0, 0.1) is 0 Å². The Morgan fingerprint density at radius 2 is 1.00 bits per heavy atom. The van der Waals surface area contributed by atoms with E-state index in [0.717, 1.165) is 34.6 Å². The molecule has 1 rings (SSSR count). The van der Waals surface area contributed by atoms with E-state index >= 15 is 0 Å². The first kappa shape index (κ1) is 23.0. The summed E-state index contributed by atoms with van der Waals surface area (Å²) in [6.45, 7) is 4.98. The molecular formula is C16H20O12. The Hall–Kier alpha value is -3.02. The summed E-state index contributed by atoms with van der Waals surface area (Å²) in [5.74, 6) is -5.83. The van der Waals surface area contributed by atoms with Crippen LogP contribution in [0.5, 0.6) is 0 Å². The van der Waals surface area contributed by atoms with Crippen molar-refractivity contribution in [1.29, 1.82) is 0 Å². The van der Waals surface area contributed by atoms with Gasteiger partial charge < -0.3 is 28.4 Å². The van der Waals surface area contributed by atoms with Gasteiger partial charge in [-0.1, -0.05) is 0 Å². The number of hydrogen-bond acceptors (Lipinski definition) is 12. The molecule has 1 fully saturated rings. The van der Waals surface area contributed by atoms with Crippen molar-refractivity contribution in [3.05, 3.63) is 0 Å². The molecule has 0 aromatic carbocycles. The third kappa shape index (κ3) is 6.61. The number of hydrogen-bond donors (Lipinski definition) is 0. The molecule has 0 aromatic rings. The molecule has 0 saturated carbocycles. The van der Waals surface area contributed by atoms with Gasteiger partial charge in [0, 0.05) is 34.6 Å². The summed E-state index contributed by atoms with van der Waals surface area (Å²) < 4.78 is 29.7. The van der Waals surface area contributed by atoms with E-state index < -0.39 is 66.5 Å². The van der Waals surface area contributed by atoms with Gasteiger partial charge in [-0.15, -0.1) is 0 Å². The van der Waals surface area contributed by atoms with Crippen LogP contribution in [-0.4, -0.2) is 66.5 Å². The Morgan fingerprint density at radius 1 is 0.571 bits per heavy atom. The predicted octanol–water partition coefficient (Wildman–Crippen LogP) is -0.841. The Balaban J connectivity index is 3.42. The third-order valence-electron chi connectivity index (χ3n) is 3.16. The minimum atomic E-state index is -1.83. The van der Waals surface area contributed by atoms with Crippen LogP contribution in [0.3, 0.4) is 0 Å². The first-order chi connectivity index (χ1) is 12.9. The van der Waals surface area contributed by atoms with E-state index in [4.69, 9.17) is 23.7 Å². The second-order valence-electron chi connectivity index (χ2n) is 5.67. The molecule has 0 aliphatic carbocycles.